The van der Waals surface area contributed by atoms with Gasteiger partial charge in [-0.05, 0) is 49.7 Å². The average molecular weight is 499 g/mol. The second-order valence-electron chi connectivity index (χ2n) is 8.60. The molecule has 3 N–H and O–H groups in total. The summed E-state index contributed by atoms with van der Waals surface area (Å²) in [5.41, 5.74) is 0.361. The molecule has 4 heterocycles. The van der Waals surface area contributed by atoms with E-state index in [1.165, 1.54) is 28.0 Å². The minimum atomic E-state index is -4.02. The second-order valence-corrected chi connectivity index (χ2v) is 9.68. The van der Waals surface area contributed by atoms with Crippen molar-refractivity contribution in [2.24, 2.45) is 0 Å². The number of hydrogen-bond acceptors (Lipinski definition) is 7. The molecule has 180 valence electrons. The number of pyridine rings is 1. The molecule has 0 saturated carbocycles. The number of rotatable bonds is 5. The van der Waals surface area contributed by atoms with E-state index in [0.717, 1.165) is 10.4 Å². The largest absolute Gasteiger partial charge is 0.482 e. The number of alkyl halides is 2. The van der Waals surface area contributed by atoms with Gasteiger partial charge in [0.2, 0.25) is 5.95 Å². The summed E-state index contributed by atoms with van der Waals surface area (Å²) in [6, 6.07) is 9.84. The van der Waals surface area contributed by atoms with Crippen LogP contribution in [0.4, 0.5) is 20.4 Å². The molecule has 0 atom stereocenters. The van der Waals surface area contributed by atoms with Crippen molar-refractivity contribution >= 4 is 45.8 Å². The SMILES string of the molecule is CC(C)(O)Cn1c(NC(=O)c2ccc(-c3ccncc3)s2)nc2cc3c(cc21)OC(F)(F)C(=O)N3. The predicted molar refractivity (Wildman–Crippen MR) is 126 cm³/mol. The second kappa shape index (κ2) is 8.10. The van der Waals surface area contributed by atoms with Gasteiger partial charge in [-0.1, -0.05) is 0 Å². The van der Waals surface area contributed by atoms with Crippen LogP contribution < -0.4 is 15.4 Å². The highest BCUT2D eigenvalue weighted by molar-refractivity contribution is 7.17. The van der Waals surface area contributed by atoms with Gasteiger partial charge < -0.3 is 19.7 Å². The maximum absolute atomic E-state index is 13.8. The molecule has 0 aliphatic carbocycles. The zero-order chi connectivity index (χ0) is 25.0. The Balaban J connectivity index is 1.52. The monoisotopic (exact) mass is 499 g/mol. The maximum atomic E-state index is 13.8. The molecule has 0 bridgehead atoms. The van der Waals surface area contributed by atoms with Crippen LogP contribution in [0.3, 0.4) is 0 Å². The minimum Gasteiger partial charge on any atom is -0.423 e. The van der Waals surface area contributed by atoms with Crippen LogP contribution in [-0.2, 0) is 11.3 Å². The Hall–Kier alpha value is -3.90. The fraction of sp³-hybridized carbons (Fsp3) is 0.217. The molecular weight excluding hydrogens is 480 g/mol. The van der Waals surface area contributed by atoms with E-state index in [1.54, 1.807) is 32.3 Å². The Labute approximate surface area is 201 Å². The van der Waals surface area contributed by atoms with Crippen molar-refractivity contribution in [2.45, 2.75) is 32.1 Å². The Morgan fingerprint density at radius 1 is 1.26 bits per heavy atom. The lowest BCUT2D eigenvalue weighted by molar-refractivity contribution is -0.189. The number of aliphatic hydroxyl groups is 1. The third-order valence-electron chi connectivity index (χ3n) is 5.17. The molecule has 12 heteroatoms. The molecule has 1 aromatic carbocycles. The number of nitrogens with zero attached hydrogens (tertiary/aromatic N) is 3. The number of hydrogen-bond donors (Lipinski definition) is 3. The number of fused-ring (bicyclic) bond motifs is 2. The van der Waals surface area contributed by atoms with Crippen LogP contribution in [0.5, 0.6) is 5.75 Å². The van der Waals surface area contributed by atoms with E-state index in [0.29, 0.717) is 15.9 Å². The molecule has 3 aromatic heterocycles. The third kappa shape index (κ3) is 4.45. The fourth-order valence-electron chi connectivity index (χ4n) is 3.65. The molecular formula is C23H19F2N5O4S. The Kier molecular flexibility index (Phi) is 5.29. The van der Waals surface area contributed by atoms with E-state index < -0.39 is 23.5 Å². The lowest BCUT2D eigenvalue weighted by Gasteiger charge is -2.25. The number of carbonyl (C=O) groups excluding carboxylic acids is 2. The molecule has 1 aliphatic rings. The summed E-state index contributed by atoms with van der Waals surface area (Å²) >= 11 is 1.28. The first-order valence-electron chi connectivity index (χ1n) is 10.5. The van der Waals surface area contributed by atoms with E-state index in [-0.39, 0.29) is 23.9 Å². The van der Waals surface area contributed by atoms with Gasteiger partial charge in [0, 0.05) is 23.3 Å². The number of aromatic nitrogens is 3. The zero-order valence-electron chi connectivity index (χ0n) is 18.5. The Morgan fingerprint density at radius 2 is 2.00 bits per heavy atom. The van der Waals surface area contributed by atoms with Crippen LogP contribution in [0.1, 0.15) is 23.5 Å². The molecule has 0 unspecified atom stereocenters. The molecule has 9 nitrogen and oxygen atoms in total. The highest BCUT2D eigenvalue weighted by Gasteiger charge is 2.46. The summed E-state index contributed by atoms with van der Waals surface area (Å²) in [7, 11) is 0. The summed E-state index contributed by atoms with van der Waals surface area (Å²) in [4.78, 5) is 34.3. The highest BCUT2D eigenvalue weighted by Crippen LogP contribution is 2.39. The van der Waals surface area contributed by atoms with Crippen LogP contribution in [0.15, 0.2) is 48.8 Å². The number of nitrogens with one attached hydrogen (secondary N) is 2. The van der Waals surface area contributed by atoms with Gasteiger partial charge in [-0.15, -0.1) is 11.3 Å². The van der Waals surface area contributed by atoms with Gasteiger partial charge in [0.15, 0.2) is 5.75 Å². The number of anilines is 2. The molecule has 2 amide bonds. The van der Waals surface area contributed by atoms with Crippen molar-refractivity contribution in [3.8, 4) is 16.2 Å². The topological polar surface area (TPSA) is 118 Å². The van der Waals surface area contributed by atoms with E-state index in [2.05, 4.69) is 25.3 Å². The van der Waals surface area contributed by atoms with E-state index in [1.807, 2.05) is 18.2 Å². The third-order valence-corrected chi connectivity index (χ3v) is 6.30. The maximum Gasteiger partial charge on any atom is 0.482 e. The number of halogens is 2. The summed E-state index contributed by atoms with van der Waals surface area (Å²) < 4.78 is 33.7. The predicted octanol–water partition coefficient (Wildman–Crippen LogP) is 4.11. The Morgan fingerprint density at radius 3 is 2.71 bits per heavy atom. The average Bonchev–Trinajstić information content (AvgIpc) is 3.39. The highest BCUT2D eigenvalue weighted by atomic mass is 32.1. The standard InChI is InChI=1S/C23H19F2N5O4S/c1-22(2,33)11-30-15-10-16-14(27-20(32)23(24,25)34-16)9-13(15)28-21(30)29-19(31)18-4-3-17(35-18)12-5-7-26-8-6-12/h3-10,33H,11H2,1-2H3,(H,27,32)(H,28,29,31). The van der Waals surface area contributed by atoms with Crippen LogP contribution >= 0.6 is 11.3 Å². The van der Waals surface area contributed by atoms with Crippen molar-refractivity contribution in [3.63, 3.8) is 0 Å². The quantitative estimate of drug-likeness (QED) is 0.380. The van der Waals surface area contributed by atoms with E-state index in [4.69, 9.17) is 0 Å². The summed E-state index contributed by atoms with van der Waals surface area (Å²) in [6.07, 6.45) is -0.699. The van der Waals surface area contributed by atoms with Gasteiger partial charge >= 0.3 is 12.0 Å². The van der Waals surface area contributed by atoms with Crippen LogP contribution in [-0.4, -0.2) is 43.2 Å². The summed E-state index contributed by atoms with van der Waals surface area (Å²) in [5, 5.41) is 15.3. The van der Waals surface area contributed by atoms with Gasteiger partial charge in [0.25, 0.3) is 5.91 Å². The first-order valence-corrected chi connectivity index (χ1v) is 11.3. The smallest absolute Gasteiger partial charge is 0.423 e. The van der Waals surface area contributed by atoms with Crippen molar-refractivity contribution < 1.29 is 28.2 Å². The molecule has 1 aliphatic heterocycles. The van der Waals surface area contributed by atoms with Gasteiger partial charge in [-0.2, -0.15) is 8.78 Å². The van der Waals surface area contributed by atoms with Gasteiger partial charge in [-0.25, -0.2) is 4.98 Å². The van der Waals surface area contributed by atoms with Crippen LogP contribution in [0.2, 0.25) is 0 Å². The normalized spacial score (nSPS) is 14.8. The molecule has 0 fully saturated rings. The van der Waals surface area contributed by atoms with Crippen LogP contribution in [0.25, 0.3) is 21.5 Å². The number of ether oxygens (including phenoxy) is 1. The first kappa shape index (κ1) is 22.9. The Bertz CT molecular complexity index is 1460. The van der Waals surface area contributed by atoms with Gasteiger partial charge in [0.1, 0.15) is 0 Å². The molecule has 0 saturated heterocycles. The molecule has 0 spiro atoms. The van der Waals surface area contributed by atoms with Crippen molar-refractivity contribution in [1.29, 1.82) is 0 Å². The lowest BCUT2D eigenvalue weighted by atomic mass is 10.1. The molecule has 0 radical (unpaired) electrons. The number of carbonyl (C=O) groups is 2. The zero-order valence-corrected chi connectivity index (χ0v) is 19.3. The van der Waals surface area contributed by atoms with Crippen molar-refractivity contribution in [3.05, 3.63) is 53.7 Å². The first-order chi connectivity index (χ1) is 16.5. The van der Waals surface area contributed by atoms with Gasteiger partial charge in [-0.3, -0.25) is 19.9 Å². The fourth-order valence-corrected chi connectivity index (χ4v) is 4.56. The van der Waals surface area contributed by atoms with Crippen LogP contribution in [0, 0.1) is 0 Å². The number of benzene rings is 1. The number of amides is 2. The molecule has 35 heavy (non-hydrogen) atoms. The molecule has 5 rings (SSSR count). The minimum absolute atomic E-state index is 0.00659. The van der Waals surface area contributed by atoms with Crippen molar-refractivity contribution in [2.75, 3.05) is 10.6 Å². The number of thiophene rings is 1. The summed E-state index contributed by atoms with van der Waals surface area (Å²) in [6.45, 7) is 3.12. The lowest BCUT2D eigenvalue weighted by Crippen LogP contribution is -2.43. The number of imidazole rings is 1. The summed E-state index contributed by atoms with van der Waals surface area (Å²) in [5.74, 6) is -2.16. The van der Waals surface area contributed by atoms with E-state index in [9.17, 15) is 23.5 Å². The molecule has 4 aromatic rings. The van der Waals surface area contributed by atoms with Crippen molar-refractivity contribution in [1.82, 2.24) is 14.5 Å². The van der Waals surface area contributed by atoms with Gasteiger partial charge in [0.05, 0.1) is 33.7 Å². The van der Waals surface area contributed by atoms with E-state index >= 15 is 0 Å².